The number of hydrogen-bond donors (Lipinski definition) is 1. The molecule has 1 heterocycles. The maximum Gasteiger partial charge on any atom is 0.128 e. The molecule has 0 saturated heterocycles. The molecule has 0 fully saturated rings. The molecule has 0 amide bonds. The van der Waals surface area contributed by atoms with Crippen molar-refractivity contribution in [2.45, 2.75) is 6.54 Å². The lowest BCUT2D eigenvalue weighted by Crippen LogP contribution is -1.99. The Hall–Kier alpha value is -1.33. The van der Waals surface area contributed by atoms with Crippen LogP contribution >= 0.6 is 15.9 Å². The van der Waals surface area contributed by atoms with Gasteiger partial charge in [0.1, 0.15) is 5.75 Å². The minimum atomic E-state index is 0.435. The summed E-state index contributed by atoms with van der Waals surface area (Å²) in [5.41, 5.74) is 8.45. The fourth-order valence-electron chi connectivity index (χ4n) is 1.76. The summed E-state index contributed by atoms with van der Waals surface area (Å²) in [7, 11) is 3.56. The number of methoxy groups -OCH3 is 1. The number of nitrogens with zero attached hydrogens (tertiary/aromatic N) is 2. The first-order valence-electron chi connectivity index (χ1n) is 5.22. The molecular weight excluding hydrogens is 282 g/mol. The molecule has 1 aromatic heterocycles. The lowest BCUT2D eigenvalue weighted by atomic mass is 10.1. The van der Waals surface area contributed by atoms with Crippen molar-refractivity contribution in [1.29, 1.82) is 0 Å². The number of aromatic nitrogens is 2. The van der Waals surface area contributed by atoms with Crippen LogP contribution in [0.2, 0.25) is 0 Å². The Morgan fingerprint density at radius 2 is 2.18 bits per heavy atom. The van der Waals surface area contributed by atoms with Crippen molar-refractivity contribution in [2.75, 3.05) is 7.11 Å². The van der Waals surface area contributed by atoms with E-state index in [4.69, 9.17) is 10.5 Å². The molecule has 0 aliphatic heterocycles. The third-order valence-electron chi connectivity index (χ3n) is 2.58. The number of aryl methyl sites for hydroxylation is 1. The van der Waals surface area contributed by atoms with Crippen molar-refractivity contribution in [2.24, 2.45) is 12.8 Å². The zero-order valence-corrected chi connectivity index (χ0v) is 11.4. The van der Waals surface area contributed by atoms with Crippen LogP contribution < -0.4 is 10.5 Å². The first kappa shape index (κ1) is 12.1. The average Bonchev–Trinajstić information content (AvgIpc) is 2.70. The SMILES string of the molecule is COc1ccc(Br)cc1-c1cc(CN)nn1C. The lowest BCUT2D eigenvalue weighted by Gasteiger charge is -2.08. The number of hydrogen-bond acceptors (Lipinski definition) is 3. The van der Waals surface area contributed by atoms with Crippen LogP contribution in [0.4, 0.5) is 0 Å². The second kappa shape index (κ2) is 4.89. The Morgan fingerprint density at radius 1 is 1.41 bits per heavy atom. The van der Waals surface area contributed by atoms with Gasteiger partial charge in [-0.1, -0.05) is 15.9 Å². The van der Waals surface area contributed by atoms with E-state index in [0.717, 1.165) is 27.2 Å². The predicted octanol–water partition coefficient (Wildman–Crippen LogP) is 2.32. The van der Waals surface area contributed by atoms with Gasteiger partial charge in [0.25, 0.3) is 0 Å². The van der Waals surface area contributed by atoms with E-state index in [0.29, 0.717) is 6.54 Å². The van der Waals surface area contributed by atoms with Gasteiger partial charge >= 0.3 is 0 Å². The van der Waals surface area contributed by atoms with Crippen molar-refractivity contribution in [3.63, 3.8) is 0 Å². The maximum absolute atomic E-state index is 5.59. The minimum Gasteiger partial charge on any atom is -0.496 e. The molecule has 0 aliphatic carbocycles. The van der Waals surface area contributed by atoms with E-state index in [2.05, 4.69) is 21.0 Å². The van der Waals surface area contributed by atoms with E-state index < -0.39 is 0 Å². The highest BCUT2D eigenvalue weighted by molar-refractivity contribution is 9.10. The molecule has 2 N–H and O–H groups in total. The third kappa shape index (κ3) is 2.35. The molecule has 2 rings (SSSR count). The zero-order valence-electron chi connectivity index (χ0n) is 9.77. The van der Waals surface area contributed by atoms with Crippen molar-refractivity contribution >= 4 is 15.9 Å². The molecule has 0 atom stereocenters. The van der Waals surface area contributed by atoms with Crippen LogP contribution in [0.1, 0.15) is 5.69 Å². The Kier molecular flexibility index (Phi) is 3.49. The van der Waals surface area contributed by atoms with E-state index in [-0.39, 0.29) is 0 Å². The van der Waals surface area contributed by atoms with Crippen molar-refractivity contribution in [3.05, 3.63) is 34.4 Å². The summed E-state index contributed by atoms with van der Waals surface area (Å²) in [6.07, 6.45) is 0. The second-order valence-electron chi connectivity index (χ2n) is 3.69. The van der Waals surface area contributed by atoms with Crippen molar-refractivity contribution in [3.8, 4) is 17.0 Å². The monoisotopic (exact) mass is 295 g/mol. The summed E-state index contributed by atoms with van der Waals surface area (Å²) in [4.78, 5) is 0. The van der Waals surface area contributed by atoms with E-state index in [1.807, 2.05) is 36.0 Å². The molecular formula is C12H14BrN3O. The molecule has 0 unspecified atom stereocenters. The summed E-state index contributed by atoms with van der Waals surface area (Å²) in [6, 6.07) is 7.86. The predicted molar refractivity (Wildman–Crippen MR) is 70.8 cm³/mol. The quantitative estimate of drug-likeness (QED) is 0.945. The first-order chi connectivity index (χ1) is 8.15. The number of rotatable bonds is 3. The molecule has 0 radical (unpaired) electrons. The van der Waals surface area contributed by atoms with Crippen LogP contribution in [-0.2, 0) is 13.6 Å². The molecule has 4 nitrogen and oxygen atoms in total. The van der Waals surface area contributed by atoms with Crippen LogP contribution in [0.5, 0.6) is 5.75 Å². The van der Waals surface area contributed by atoms with Gasteiger partial charge in [-0.3, -0.25) is 4.68 Å². The van der Waals surface area contributed by atoms with Gasteiger partial charge in [0.2, 0.25) is 0 Å². The van der Waals surface area contributed by atoms with Gasteiger partial charge in [-0.2, -0.15) is 5.10 Å². The number of halogens is 1. The molecule has 5 heteroatoms. The Balaban J connectivity index is 2.58. The number of ether oxygens (including phenoxy) is 1. The first-order valence-corrected chi connectivity index (χ1v) is 6.02. The second-order valence-corrected chi connectivity index (χ2v) is 4.61. The smallest absolute Gasteiger partial charge is 0.128 e. The molecule has 2 aromatic rings. The number of benzene rings is 1. The van der Waals surface area contributed by atoms with Crippen LogP contribution in [0.15, 0.2) is 28.7 Å². The molecule has 0 aliphatic rings. The fraction of sp³-hybridized carbons (Fsp3) is 0.250. The highest BCUT2D eigenvalue weighted by atomic mass is 79.9. The van der Waals surface area contributed by atoms with Crippen LogP contribution in [0.3, 0.4) is 0 Å². The normalized spacial score (nSPS) is 10.6. The van der Waals surface area contributed by atoms with Gasteiger partial charge in [-0.15, -0.1) is 0 Å². The molecule has 0 bridgehead atoms. The fourth-order valence-corrected chi connectivity index (χ4v) is 2.12. The largest absolute Gasteiger partial charge is 0.496 e. The standard InChI is InChI=1S/C12H14BrN3O/c1-16-11(6-9(7-14)15-16)10-5-8(13)3-4-12(10)17-2/h3-6H,7,14H2,1-2H3. The van der Waals surface area contributed by atoms with Gasteiger partial charge in [0.15, 0.2) is 0 Å². The summed E-state index contributed by atoms with van der Waals surface area (Å²) >= 11 is 3.46. The van der Waals surface area contributed by atoms with Gasteiger partial charge in [0, 0.05) is 23.6 Å². The summed E-state index contributed by atoms with van der Waals surface area (Å²) < 4.78 is 8.17. The topological polar surface area (TPSA) is 53.1 Å². The summed E-state index contributed by atoms with van der Waals surface area (Å²) in [5.74, 6) is 0.819. The molecule has 1 aromatic carbocycles. The Bertz CT molecular complexity index is 537. The summed E-state index contributed by atoms with van der Waals surface area (Å²) in [6.45, 7) is 0.435. The highest BCUT2D eigenvalue weighted by Gasteiger charge is 2.12. The Labute approximate surface area is 109 Å². The lowest BCUT2D eigenvalue weighted by molar-refractivity contribution is 0.416. The van der Waals surface area contributed by atoms with Crippen LogP contribution in [0, 0.1) is 0 Å². The molecule has 17 heavy (non-hydrogen) atoms. The van der Waals surface area contributed by atoms with Gasteiger partial charge in [-0.25, -0.2) is 0 Å². The van der Waals surface area contributed by atoms with Gasteiger partial charge in [-0.05, 0) is 24.3 Å². The molecule has 0 saturated carbocycles. The molecule has 0 spiro atoms. The van der Waals surface area contributed by atoms with Crippen molar-refractivity contribution < 1.29 is 4.74 Å². The summed E-state index contributed by atoms with van der Waals surface area (Å²) in [5, 5.41) is 4.33. The third-order valence-corrected chi connectivity index (χ3v) is 3.07. The van der Waals surface area contributed by atoms with E-state index in [1.54, 1.807) is 7.11 Å². The van der Waals surface area contributed by atoms with Crippen molar-refractivity contribution in [1.82, 2.24) is 9.78 Å². The highest BCUT2D eigenvalue weighted by Crippen LogP contribution is 2.32. The van der Waals surface area contributed by atoms with E-state index in [1.165, 1.54) is 0 Å². The van der Waals surface area contributed by atoms with Gasteiger partial charge in [0.05, 0.1) is 18.5 Å². The maximum atomic E-state index is 5.59. The van der Waals surface area contributed by atoms with E-state index >= 15 is 0 Å². The molecule has 90 valence electrons. The number of nitrogens with two attached hydrogens (primary N) is 1. The zero-order chi connectivity index (χ0) is 12.4. The van der Waals surface area contributed by atoms with Crippen LogP contribution in [0.25, 0.3) is 11.3 Å². The Morgan fingerprint density at radius 3 is 2.76 bits per heavy atom. The van der Waals surface area contributed by atoms with E-state index in [9.17, 15) is 0 Å². The van der Waals surface area contributed by atoms with Crippen LogP contribution in [-0.4, -0.2) is 16.9 Å². The average molecular weight is 296 g/mol. The van der Waals surface area contributed by atoms with Gasteiger partial charge < -0.3 is 10.5 Å². The minimum absolute atomic E-state index is 0.435.